The van der Waals surface area contributed by atoms with Crippen molar-refractivity contribution in [1.82, 2.24) is 5.32 Å². The summed E-state index contributed by atoms with van der Waals surface area (Å²) in [5.41, 5.74) is 1.97. The third kappa shape index (κ3) is 2.66. The molecule has 1 saturated heterocycles. The molecule has 5 nitrogen and oxygen atoms in total. The quantitative estimate of drug-likeness (QED) is 0.851. The fourth-order valence-electron chi connectivity index (χ4n) is 2.56. The molecule has 0 aromatic heterocycles. The van der Waals surface area contributed by atoms with Gasteiger partial charge in [-0.1, -0.05) is 12.1 Å². The van der Waals surface area contributed by atoms with Crippen LogP contribution in [0.15, 0.2) is 24.3 Å². The molecule has 19 heavy (non-hydrogen) atoms. The number of hydrogen-bond donors (Lipinski definition) is 2. The van der Waals surface area contributed by atoms with Crippen molar-refractivity contribution in [2.75, 3.05) is 43.1 Å². The van der Waals surface area contributed by atoms with E-state index in [1.54, 1.807) is 0 Å². The first-order valence-corrected chi connectivity index (χ1v) is 6.80. The van der Waals surface area contributed by atoms with E-state index in [2.05, 4.69) is 10.6 Å². The topological polar surface area (TPSA) is 53.6 Å². The fourth-order valence-corrected chi connectivity index (χ4v) is 2.56. The molecule has 2 aliphatic heterocycles. The van der Waals surface area contributed by atoms with Crippen LogP contribution in [0.5, 0.6) is 0 Å². The summed E-state index contributed by atoms with van der Waals surface area (Å²) in [6.07, 6.45) is 1.04. The molecule has 3 rings (SSSR count). The standard InChI is InChI=1S/C14H19N3O2/c18-14(16-9-11-5-8-19-10-11)17-7-6-15-12-3-1-2-4-13(12)17/h1-4,11,15H,5-10H2,(H,16,18). The van der Waals surface area contributed by atoms with E-state index in [-0.39, 0.29) is 6.03 Å². The summed E-state index contributed by atoms with van der Waals surface area (Å²) in [6.45, 7) is 3.77. The maximum Gasteiger partial charge on any atom is 0.322 e. The number of carbonyl (C=O) groups is 1. The van der Waals surface area contributed by atoms with Crippen LogP contribution in [-0.2, 0) is 4.74 Å². The number of hydrogen-bond acceptors (Lipinski definition) is 3. The second-order valence-electron chi connectivity index (χ2n) is 5.01. The normalized spacial score (nSPS) is 21.7. The number of nitrogens with zero attached hydrogens (tertiary/aromatic N) is 1. The summed E-state index contributed by atoms with van der Waals surface area (Å²) in [6, 6.07) is 7.89. The Hall–Kier alpha value is -1.75. The van der Waals surface area contributed by atoms with Crippen molar-refractivity contribution in [3.63, 3.8) is 0 Å². The minimum atomic E-state index is -0.0131. The van der Waals surface area contributed by atoms with Crippen molar-refractivity contribution in [3.05, 3.63) is 24.3 Å². The highest BCUT2D eigenvalue weighted by Gasteiger charge is 2.23. The van der Waals surface area contributed by atoms with Gasteiger partial charge in [-0.25, -0.2) is 4.79 Å². The molecule has 0 saturated carbocycles. The number of ether oxygens (including phenoxy) is 1. The highest BCUT2D eigenvalue weighted by Crippen LogP contribution is 2.28. The van der Waals surface area contributed by atoms with Crippen LogP contribution in [0, 0.1) is 5.92 Å². The van der Waals surface area contributed by atoms with Gasteiger partial charge in [0.05, 0.1) is 18.0 Å². The van der Waals surface area contributed by atoms with Crippen LogP contribution in [0.4, 0.5) is 16.2 Å². The zero-order valence-corrected chi connectivity index (χ0v) is 10.9. The van der Waals surface area contributed by atoms with Crippen molar-refractivity contribution >= 4 is 17.4 Å². The molecule has 2 heterocycles. The van der Waals surface area contributed by atoms with Gasteiger partial charge < -0.3 is 15.4 Å². The van der Waals surface area contributed by atoms with Gasteiger partial charge in [-0.05, 0) is 18.6 Å². The van der Waals surface area contributed by atoms with E-state index in [4.69, 9.17) is 4.74 Å². The zero-order chi connectivity index (χ0) is 13.1. The molecule has 1 unspecified atom stereocenters. The lowest BCUT2D eigenvalue weighted by molar-refractivity contribution is 0.185. The maximum atomic E-state index is 12.3. The Balaban J connectivity index is 1.64. The van der Waals surface area contributed by atoms with E-state index in [9.17, 15) is 4.79 Å². The molecule has 2 amide bonds. The molecule has 0 spiro atoms. The van der Waals surface area contributed by atoms with E-state index in [1.165, 1.54) is 0 Å². The van der Waals surface area contributed by atoms with Crippen molar-refractivity contribution < 1.29 is 9.53 Å². The molecule has 2 N–H and O–H groups in total. The van der Waals surface area contributed by atoms with E-state index in [1.807, 2.05) is 29.2 Å². The first-order chi connectivity index (χ1) is 9.34. The average Bonchev–Trinajstić information content (AvgIpc) is 2.97. The van der Waals surface area contributed by atoms with Crippen LogP contribution in [0.1, 0.15) is 6.42 Å². The summed E-state index contributed by atoms with van der Waals surface area (Å²) in [5, 5.41) is 6.32. The summed E-state index contributed by atoms with van der Waals surface area (Å²) >= 11 is 0. The van der Waals surface area contributed by atoms with Crippen LogP contribution in [0.3, 0.4) is 0 Å². The van der Waals surface area contributed by atoms with Crippen molar-refractivity contribution in [3.8, 4) is 0 Å². The molecular weight excluding hydrogens is 242 g/mol. The van der Waals surface area contributed by atoms with E-state index < -0.39 is 0 Å². The number of amides is 2. The van der Waals surface area contributed by atoms with Gasteiger partial charge in [0.2, 0.25) is 0 Å². The van der Waals surface area contributed by atoms with Gasteiger partial charge in [-0.15, -0.1) is 0 Å². The van der Waals surface area contributed by atoms with Crippen molar-refractivity contribution in [1.29, 1.82) is 0 Å². The number of rotatable bonds is 2. The SMILES string of the molecule is O=C(NCC1CCOC1)N1CCNc2ccccc21. The molecule has 0 bridgehead atoms. The second kappa shape index (κ2) is 5.48. The lowest BCUT2D eigenvalue weighted by atomic mass is 10.1. The Morgan fingerprint density at radius 3 is 3.21 bits per heavy atom. The molecule has 1 atom stereocenters. The Morgan fingerprint density at radius 2 is 2.37 bits per heavy atom. The fraction of sp³-hybridized carbons (Fsp3) is 0.500. The molecule has 1 aromatic rings. The number of urea groups is 1. The number of para-hydroxylation sites is 2. The summed E-state index contributed by atoms with van der Waals surface area (Å²) in [5.74, 6) is 0.460. The predicted octanol–water partition coefficient (Wildman–Crippen LogP) is 1.66. The lowest BCUT2D eigenvalue weighted by Gasteiger charge is -2.30. The Labute approximate surface area is 112 Å². The van der Waals surface area contributed by atoms with Crippen LogP contribution < -0.4 is 15.5 Å². The van der Waals surface area contributed by atoms with Gasteiger partial charge >= 0.3 is 6.03 Å². The predicted molar refractivity (Wildman–Crippen MR) is 74.6 cm³/mol. The number of nitrogens with one attached hydrogen (secondary N) is 2. The highest BCUT2D eigenvalue weighted by atomic mass is 16.5. The molecule has 1 fully saturated rings. The first-order valence-electron chi connectivity index (χ1n) is 6.80. The average molecular weight is 261 g/mol. The zero-order valence-electron chi connectivity index (χ0n) is 10.9. The van der Waals surface area contributed by atoms with Gasteiger partial charge in [-0.3, -0.25) is 4.90 Å². The van der Waals surface area contributed by atoms with Gasteiger partial charge in [0.15, 0.2) is 0 Å². The first kappa shape index (κ1) is 12.3. The lowest BCUT2D eigenvalue weighted by Crippen LogP contribution is -2.46. The van der Waals surface area contributed by atoms with Crippen LogP contribution >= 0.6 is 0 Å². The second-order valence-corrected chi connectivity index (χ2v) is 5.01. The minimum absolute atomic E-state index is 0.0131. The van der Waals surface area contributed by atoms with Gasteiger partial charge in [0.1, 0.15) is 0 Å². The van der Waals surface area contributed by atoms with Crippen molar-refractivity contribution in [2.45, 2.75) is 6.42 Å². The molecule has 0 radical (unpaired) electrons. The third-order valence-electron chi connectivity index (χ3n) is 3.66. The highest BCUT2D eigenvalue weighted by molar-refractivity contribution is 5.96. The largest absolute Gasteiger partial charge is 0.382 e. The van der Waals surface area contributed by atoms with E-state index in [0.717, 1.165) is 37.6 Å². The maximum absolute atomic E-state index is 12.3. The number of anilines is 2. The van der Waals surface area contributed by atoms with Crippen LogP contribution in [0.25, 0.3) is 0 Å². The van der Waals surface area contributed by atoms with Crippen molar-refractivity contribution in [2.24, 2.45) is 5.92 Å². The monoisotopic (exact) mass is 261 g/mol. The Bertz CT molecular complexity index is 458. The third-order valence-corrected chi connectivity index (χ3v) is 3.66. The molecule has 1 aromatic carbocycles. The Kier molecular flexibility index (Phi) is 3.55. The molecule has 2 aliphatic rings. The molecule has 5 heteroatoms. The number of benzene rings is 1. The molecule has 0 aliphatic carbocycles. The van der Waals surface area contributed by atoms with Gasteiger partial charge in [0, 0.05) is 32.2 Å². The van der Waals surface area contributed by atoms with E-state index in [0.29, 0.717) is 19.0 Å². The van der Waals surface area contributed by atoms with Crippen LogP contribution in [-0.4, -0.2) is 38.9 Å². The van der Waals surface area contributed by atoms with Gasteiger partial charge in [-0.2, -0.15) is 0 Å². The summed E-state index contributed by atoms with van der Waals surface area (Å²) < 4.78 is 5.32. The summed E-state index contributed by atoms with van der Waals surface area (Å²) in [4.78, 5) is 14.1. The molecular formula is C14H19N3O2. The van der Waals surface area contributed by atoms with Gasteiger partial charge in [0.25, 0.3) is 0 Å². The Morgan fingerprint density at radius 1 is 1.47 bits per heavy atom. The van der Waals surface area contributed by atoms with E-state index >= 15 is 0 Å². The summed E-state index contributed by atoms with van der Waals surface area (Å²) in [7, 11) is 0. The number of fused-ring (bicyclic) bond motifs is 1. The molecule has 102 valence electrons. The van der Waals surface area contributed by atoms with Crippen LogP contribution in [0.2, 0.25) is 0 Å². The smallest absolute Gasteiger partial charge is 0.322 e. The minimum Gasteiger partial charge on any atom is -0.382 e. The number of carbonyl (C=O) groups excluding carboxylic acids is 1.